The van der Waals surface area contributed by atoms with Crippen LogP contribution in [0.1, 0.15) is 46.4 Å². The van der Waals surface area contributed by atoms with Gasteiger partial charge in [-0.3, -0.25) is 4.79 Å². The number of anilines is 4. The van der Waals surface area contributed by atoms with E-state index in [2.05, 4.69) is 20.5 Å². The predicted molar refractivity (Wildman–Crippen MR) is 126 cm³/mol. The number of aromatic nitrogens is 2. The Morgan fingerprint density at radius 3 is 2.29 bits per heavy atom. The Morgan fingerprint density at radius 2 is 1.58 bits per heavy atom. The van der Waals surface area contributed by atoms with Gasteiger partial charge in [0.2, 0.25) is 5.95 Å². The van der Waals surface area contributed by atoms with Crippen molar-refractivity contribution in [2.75, 3.05) is 28.6 Å². The molecule has 0 radical (unpaired) electrons. The first-order chi connectivity index (χ1) is 15.0. The second-order valence-electron chi connectivity index (χ2n) is 8.21. The van der Waals surface area contributed by atoms with Crippen LogP contribution in [0, 0.1) is 20.8 Å². The molecule has 6 nitrogen and oxygen atoms in total. The summed E-state index contributed by atoms with van der Waals surface area (Å²) >= 11 is 0. The van der Waals surface area contributed by atoms with Crippen LogP contribution < -0.4 is 15.5 Å². The van der Waals surface area contributed by atoms with Crippen LogP contribution in [-0.2, 0) is 0 Å². The fourth-order valence-corrected chi connectivity index (χ4v) is 3.93. The Bertz CT molecular complexity index is 1070. The summed E-state index contributed by atoms with van der Waals surface area (Å²) in [4.78, 5) is 24.2. The molecular weight excluding hydrogens is 386 g/mol. The molecule has 3 aromatic rings. The maximum absolute atomic E-state index is 12.6. The first kappa shape index (κ1) is 20.8. The van der Waals surface area contributed by atoms with Gasteiger partial charge in [-0.2, -0.15) is 4.98 Å². The van der Waals surface area contributed by atoms with E-state index in [1.807, 2.05) is 69.3 Å². The summed E-state index contributed by atoms with van der Waals surface area (Å²) in [6.07, 6.45) is 3.71. The van der Waals surface area contributed by atoms with E-state index in [1.165, 1.54) is 19.3 Å². The number of piperidine rings is 1. The zero-order valence-electron chi connectivity index (χ0n) is 18.4. The fourth-order valence-electron chi connectivity index (χ4n) is 3.93. The van der Waals surface area contributed by atoms with Gasteiger partial charge in [-0.1, -0.05) is 17.7 Å². The molecule has 0 unspecified atom stereocenters. The highest BCUT2D eigenvalue weighted by Gasteiger charge is 2.14. The molecule has 0 bridgehead atoms. The molecule has 0 aliphatic carbocycles. The minimum absolute atomic E-state index is 0.105. The van der Waals surface area contributed by atoms with Crippen LogP contribution in [-0.4, -0.2) is 29.0 Å². The number of carbonyl (C=O) groups is 1. The quantitative estimate of drug-likeness (QED) is 0.585. The number of hydrogen-bond acceptors (Lipinski definition) is 5. The van der Waals surface area contributed by atoms with Gasteiger partial charge in [0.05, 0.1) is 0 Å². The molecule has 0 spiro atoms. The van der Waals surface area contributed by atoms with E-state index in [0.29, 0.717) is 11.5 Å². The summed E-state index contributed by atoms with van der Waals surface area (Å²) < 4.78 is 0. The molecule has 1 amide bonds. The Morgan fingerprint density at radius 1 is 0.871 bits per heavy atom. The Labute approximate surface area is 183 Å². The third-order valence-electron chi connectivity index (χ3n) is 5.55. The molecule has 31 heavy (non-hydrogen) atoms. The predicted octanol–water partition coefficient (Wildman–Crippen LogP) is 5.39. The molecule has 0 saturated carbocycles. The lowest BCUT2D eigenvalue weighted by atomic mass is 10.1. The lowest BCUT2D eigenvalue weighted by Crippen LogP contribution is -2.30. The first-order valence-corrected chi connectivity index (χ1v) is 10.8. The van der Waals surface area contributed by atoms with Crippen molar-refractivity contribution in [2.24, 2.45) is 0 Å². The maximum atomic E-state index is 12.6. The van der Waals surface area contributed by atoms with Crippen LogP contribution in [0.4, 0.5) is 23.1 Å². The molecule has 2 N–H and O–H groups in total. The Hall–Kier alpha value is -3.41. The zero-order valence-corrected chi connectivity index (χ0v) is 18.4. The zero-order chi connectivity index (χ0) is 21.8. The van der Waals surface area contributed by atoms with Crippen LogP contribution >= 0.6 is 0 Å². The maximum Gasteiger partial charge on any atom is 0.255 e. The number of amides is 1. The summed E-state index contributed by atoms with van der Waals surface area (Å²) in [6.45, 7) is 8.06. The molecule has 2 heterocycles. The summed E-state index contributed by atoms with van der Waals surface area (Å²) in [7, 11) is 0. The molecule has 1 fully saturated rings. The van der Waals surface area contributed by atoms with Crippen molar-refractivity contribution in [1.82, 2.24) is 9.97 Å². The van der Waals surface area contributed by atoms with Gasteiger partial charge in [0, 0.05) is 41.8 Å². The molecular formula is C25H29N5O. The lowest BCUT2D eigenvalue weighted by molar-refractivity contribution is 0.102. The summed E-state index contributed by atoms with van der Waals surface area (Å²) in [5.41, 5.74) is 5.36. The number of benzene rings is 2. The van der Waals surface area contributed by atoms with Crippen LogP contribution in [0.25, 0.3) is 0 Å². The van der Waals surface area contributed by atoms with Gasteiger partial charge in [0.1, 0.15) is 5.82 Å². The van der Waals surface area contributed by atoms with Crippen LogP contribution in [0.2, 0.25) is 0 Å². The standard InChI is InChI=1S/C25H29N5O/c1-17-7-12-22(18(2)15-17)24(31)27-20-8-10-21(11-9-20)28-25-26-19(3)16-23(29-25)30-13-5-4-6-14-30/h7-12,15-16H,4-6,13-14H2,1-3H3,(H,27,31)(H,26,28,29). The van der Waals surface area contributed by atoms with Gasteiger partial charge in [-0.25, -0.2) is 4.98 Å². The van der Waals surface area contributed by atoms with E-state index < -0.39 is 0 Å². The van der Waals surface area contributed by atoms with Gasteiger partial charge in [-0.15, -0.1) is 0 Å². The highest BCUT2D eigenvalue weighted by Crippen LogP contribution is 2.23. The molecule has 1 aliphatic rings. The number of carbonyl (C=O) groups excluding carboxylic acids is 1. The third kappa shape index (κ3) is 5.20. The monoisotopic (exact) mass is 415 g/mol. The second kappa shape index (κ2) is 9.16. The summed E-state index contributed by atoms with van der Waals surface area (Å²) in [5.74, 6) is 1.46. The van der Waals surface area contributed by atoms with E-state index >= 15 is 0 Å². The van der Waals surface area contributed by atoms with Gasteiger partial charge < -0.3 is 15.5 Å². The largest absolute Gasteiger partial charge is 0.356 e. The van der Waals surface area contributed by atoms with E-state index in [0.717, 1.165) is 47.1 Å². The van der Waals surface area contributed by atoms with Crippen molar-refractivity contribution < 1.29 is 4.79 Å². The van der Waals surface area contributed by atoms with E-state index in [4.69, 9.17) is 4.98 Å². The van der Waals surface area contributed by atoms with Crippen LogP contribution in [0.15, 0.2) is 48.5 Å². The van der Waals surface area contributed by atoms with E-state index in [1.54, 1.807) is 0 Å². The van der Waals surface area contributed by atoms with Crippen molar-refractivity contribution in [3.63, 3.8) is 0 Å². The topological polar surface area (TPSA) is 70.2 Å². The summed E-state index contributed by atoms with van der Waals surface area (Å²) in [5, 5.41) is 6.26. The number of nitrogens with one attached hydrogen (secondary N) is 2. The third-order valence-corrected chi connectivity index (χ3v) is 5.55. The normalized spacial score (nSPS) is 13.7. The molecule has 1 aromatic heterocycles. The van der Waals surface area contributed by atoms with Gasteiger partial charge in [0.25, 0.3) is 5.91 Å². The molecule has 4 rings (SSSR count). The van der Waals surface area contributed by atoms with Crippen molar-refractivity contribution in [1.29, 1.82) is 0 Å². The Kier molecular flexibility index (Phi) is 6.16. The van der Waals surface area contributed by atoms with E-state index in [9.17, 15) is 4.79 Å². The second-order valence-corrected chi connectivity index (χ2v) is 8.21. The molecule has 6 heteroatoms. The molecule has 1 saturated heterocycles. The first-order valence-electron chi connectivity index (χ1n) is 10.8. The SMILES string of the molecule is Cc1ccc(C(=O)Nc2ccc(Nc3nc(C)cc(N4CCCCC4)n3)cc2)c(C)c1. The molecule has 0 atom stereocenters. The van der Waals surface area contributed by atoms with Gasteiger partial charge in [0.15, 0.2) is 0 Å². The number of aryl methyl sites for hydroxylation is 3. The van der Waals surface area contributed by atoms with Crippen molar-refractivity contribution >= 4 is 29.0 Å². The minimum atomic E-state index is -0.105. The highest BCUT2D eigenvalue weighted by molar-refractivity contribution is 6.05. The van der Waals surface area contributed by atoms with Crippen molar-refractivity contribution in [2.45, 2.75) is 40.0 Å². The fraction of sp³-hybridized carbons (Fsp3) is 0.320. The molecule has 1 aliphatic heterocycles. The summed E-state index contributed by atoms with van der Waals surface area (Å²) in [6, 6.07) is 15.5. The average Bonchev–Trinajstić information content (AvgIpc) is 2.75. The van der Waals surface area contributed by atoms with Gasteiger partial charge in [-0.05, 0) is 75.9 Å². The Balaban J connectivity index is 1.44. The molecule has 2 aromatic carbocycles. The number of rotatable bonds is 5. The number of nitrogens with zero attached hydrogens (tertiary/aromatic N) is 3. The van der Waals surface area contributed by atoms with Crippen molar-refractivity contribution in [3.8, 4) is 0 Å². The molecule has 160 valence electrons. The van der Waals surface area contributed by atoms with Crippen LogP contribution in [0.5, 0.6) is 0 Å². The van der Waals surface area contributed by atoms with Crippen molar-refractivity contribution in [3.05, 3.63) is 70.9 Å². The highest BCUT2D eigenvalue weighted by atomic mass is 16.1. The smallest absolute Gasteiger partial charge is 0.255 e. The van der Waals surface area contributed by atoms with E-state index in [-0.39, 0.29) is 5.91 Å². The average molecular weight is 416 g/mol. The lowest BCUT2D eigenvalue weighted by Gasteiger charge is -2.28. The number of hydrogen-bond donors (Lipinski definition) is 2. The van der Waals surface area contributed by atoms with Gasteiger partial charge >= 0.3 is 0 Å². The van der Waals surface area contributed by atoms with Crippen LogP contribution in [0.3, 0.4) is 0 Å². The minimum Gasteiger partial charge on any atom is -0.356 e.